The maximum Gasteiger partial charge on any atom is 0.293 e. The normalized spacial score (nSPS) is 14.1. The number of nitrogens with one attached hydrogen (secondary N) is 1. The zero-order chi connectivity index (χ0) is 27.9. The lowest BCUT2D eigenvalue weighted by atomic mass is 10.1. The summed E-state index contributed by atoms with van der Waals surface area (Å²) in [5.41, 5.74) is 1.77. The number of hydrogen-bond acceptors (Lipinski definition) is 7. The van der Waals surface area contributed by atoms with Gasteiger partial charge in [0.2, 0.25) is 0 Å². The first-order chi connectivity index (χ1) is 18.8. The van der Waals surface area contributed by atoms with E-state index in [4.69, 9.17) is 37.4 Å². The highest BCUT2D eigenvalue weighted by molar-refractivity contribution is 8.18. The molecule has 1 heterocycles. The molecule has 0 spiro atoms. The zero-order valence-corrected chi connectivity index (χ0v) is 23.4. The number of nitrogens with zero attached hydrogens (tertiary/aromatic N) is 1. The number of methoxy groups -OCH3 is 1. The SMILES string of the molecule is CCOc1ccccc1NC(=O)COc1ccc(/C=C2/SC(=O)N(Cc3ccc(Cl)cc3Cl)C2=O)cc1OC. The Morgan fingerprint density at radius 3 is 2.54 bits per heavy atom. The second kappa shape index (κ2) is 12.9. The minimum Gasteiger partial charge on any atom is -0.493 e. The molecule has 0 aromatic heterocycles. The number of amides is 3. The molecule has 3 aromatic carbocycles. The molecule has 1 fully saturated rings. The van der Waals surface area contributed by atoms with Crippen LogP contribution in [0, 0.1) is 0 Å². The molecule has 1 aliphatic heterocycles. The Labute approximate surface area is 239 Å². The molecule has 4 rings (SSSR count). The second-order valence-corrected chi connectivity index (χ2v) is 10.0. The van der Waals surface area contributed by atoms with Crippen LogP contribution in [-0.2, 0) is 16.1 Å². The summed E-state index contributed by atoms with van der Waals surface area (Å²) in [4.78, 5) is 39.4. The fraction of sp³-hybridized carbons (Fsp3) is 0.179. The third-order valence-corrected chi connectivity index (χ3v) is 7.02. The largest absolute Gasteiger partial charge is 0.493 e. The van der Waals surface area contributed by atoms with Gasteiger partial charge in [0, 0.05) is 10.0 Å². The summed E-state index contributed by atoms with van der Waals surface area (Å²) in [6.45, 7) is 2.10. The minimum absolute atomic E-state index is 0.0330. The topological polar surface area (TPSA) is 94.2 Å². The van der Waals surface area contributed by atoms with E-state index in [2.05, 4.69) is 5.32 Å². The molecule has 1 saturated heterocycles. The van der Waals surface area contributed by atoms with Gasteiger partial charge in [0.25, 0.3) is 17.1 Å². The van der Waals surface area contributed by atoms with E-state index in [-0.39, 0.29) is 24.0 Å². The number of anilines is 1. The summed E-state index contributed by atoms with van der Waals surface area (Å²) < 4.78 is 16.6. The predicted octanol–water partition coefficient (Wildman–Crippen LogP) is 6.65. The van der Waals surface area contributed by atoms with Gasteiger partial charge in [-0.15, -0.1) is 0 Å². The molecule has 0 aliphatic carbocycles. The number of rotatable bonds is 10. The maximum absolute atomic E-state index is 13.0. The van der Waals surface area contributed by atoms with E-state index in [0.717, 1.165) is 16.7 Å². The lowest BCUT2D eigenvalue weighted by Crippen LogP contribution is -2.27. The molecule has 11 heteroatoms. The van der Waals surface area contributed by atoms with Crippen molar-refractivity contribution < 1.29 is 28.6 Å². The second-order valence-electron chi connectivity index (χ2n) is 8.18. The van der Waals surface area contributed by atoms with Crippen LogP contribution >= 0.6 is 35.0 Å². The highest BCUT2D eigenvalue weighted by Crippen LogP contribution is 2.36. The number of para-hydroxylation sites is 2. The first-order valence-corrected chi connectivity index (χ1v) is 13.4. The number of carbonyl (C=O) groups excluding carboxylic acids is 3. The molecular weight excluding hydrogens is 563 g/mol. The van der Waals surface area contributed by atoms with E-state index in [1.165, 1.54) is 7.11 Å². The molecule has 8 nitrogen and oxygen atoms in total. The van der Waals surface area contributed by atoms with Gasteiger partial charge in [-0.3, -0.25) is 19.3 Å². The van der Waals surface area contributed by atoms with Gasteiger partial charge in [-0.2, -0.15) is 0 Å². The number of halogens is 2. The van der Waals surface area contributed by atoms with E-state index >= 15 is 0 Å². The Morgan fingerprint density at radius 2 is 1.79 bits per heavy atom. The number of thioether (sulfide) groups is 1. The lowest BCUT2D eigenvalue weighted by molar-refractivity contribution is -0.123. The summed E-state index contributed by atoms with van der Waals surface area (Å²) in [5.74, 6) is 0.463. The van der Waals surface area contributed by atoms with E-state index < -0.39 is 11.1 Å². The molecular formula is C28H24Cl2N2O6S. The first kappa shape index (κ1) is 28.4. The van der Waals surface area contributed by atoms with Crippen molar-refractivity contribution in [3.8, 4) is 17.2 Å². The van der Waals surface area contributed by atoms with Crippen molar-refractivity contribution in [1.82, 2.24) is 4.90 Å². The highest BCUT2D eigenvalue weighted by Gasteiger charge is 2.35. The van der Waals surface area contributed by atoms with Crippen LogP contribution in [0.2, 0.25) is 10.0 Å². The monoisotopic (exact) mass is 586 g/mol. The number of carbonyl (C=O) groups is 3. The Kier molecular flexibility index (Phi) is 9.40. The Hall–Kier alpha value is -3.66. The van der Waals surface area contributed by atoms with Crippen molar-refractivity contribution in [1.29, 1.82) is 0 Å². The van der Waals surface area contributed by atoms with Gasteiger partial charge in [-0.1, -0.05) is 47.5 Å². The number of hydrogen-bond donors (Lipinski definition) is 1. The molecule has 3 aromatic rings. The van der Waals surface area contributed by atoms with Gasteiger partial charge in [0.1, 0.15) is 5.75 Å². The van der Waals surface area contributed by atoms with Crippen LogP contribution in [0.25, 0.3) is 6.08 Å². The molecule has 0 atom stereocenters. The summed E-state index contributed by atoms with van der Waals surface area (Å²) in [6, 6.07) is 17.0. The predicted molar refractivity (Wildman–Crippen MR) is 153 cm³/mol. The van der Waals surface area contributed by atoms with Gasteiger partial charge in [-0.05, 0) is 72.3 Å². The maximum atomic E-state index is 13.0. The molecule has 1 aliphatic rings. The average molecular weight is 587 g/mol. The lowest BCUT2D eigenvalue weighted by Gasteiger charge is -2.14. The summed E-state index contributed by atoms with van der Waals surface area (Å²) in [5, 5.41) is 3.20. The summed E-state index contributed by atoms with van der Waals surface area (Å²) in [7, 11) is 1.47. The molecule has 0 unspecified atom stereocenters. The van der Waals surface area contributed by atoms with Gasteiger partial charge < -0.3 is 19.5 Å². The van der Waals surface area contributed by atoms with Crippen molar-refractivity contribution in [3.63, 3.8) is 0 Å². The average Bonchev–Trinajstić information content (AvgIpc) is 3.17. The van der Waals surface area contributed by atoms with Crippen molar-refractivity contribution in [2.45, 2.75) is 13.5 Å². The summed E-state index contributed by atoms with van der Waals surface area (Å²) in [6.07, 6.45) is 1.60. The Morgan fingerprint density at radius 1 is 1.00 bits per heavy atom. The summed E-state index contributed by atoms with van der Waals surface area (Å²) >= 11 is 13.0. The number of imide groups is 1. The smallest absolute Gasteiger partial charge is 0.293 e. The first-order valence-electron chi connectivity index (χ1n) is 11.8. The van der Waals surface area contributed by atoms with E-state index in [1.54, 1.807) is 60.7 Å². The molecule has 202 valence electrons. The molecule has 1 N–H and O–H groups in total. The van der Waals surface area contributed by atoms with E-state index in [9.17, 15) is 14.4 Å². The van der Waals surface area contributed by atoms with Crippen molar-refractivity contribution in [3.05, 3.63) is 86.7 Å². The molecule has 3 amide bonds. The number of benzene rings is 3. The highest BCUT2D eigenvalue weighted by atomic mass is 35.5. The number of ether oxygens (including phenoxy) is 3. The van der Waals surface area contributed by atoms with Crippen LogP contribution in [0.1, 0.15) is 18.1 Å². The Balaban J connectivity index is 1.42. The van der Waals surface area contributed by atoms with E-state index in [1.807, 2.05) is 13.0 Å². The quantitative estimate of drug-likeness (QED) is 0.265. The van der Waals surface area contributed by atoms with Crippen LogP contribution in [0.3, 0.4) is 0 Å². The zero-order valence-electron chi connectivity index (χ0n) is 21.0. The van der Waals surface area contributed by atoms with E-state index in [0.29, 0.717) is 50.7 Å². The van der Waals surface area contributed by atoms with Gasteiger partial charge in [-0.25, -0.2) is 0 Å². The molecule has 0 bridgehead atoms. The van der Waals surface area contributed by atoms with Crippen molar-refractivity contribution in [2.75, 3.05) is 25.6 Å². The minimum atomic E-state index is -0.431. The molecule has 0 saturated carbocycles. The fourth-order valence-electron chi connectivity index (χ4n) is 3.68. The van der Waals surface area contributed by atoms with Crippen LogP contribution < -0.4 is 19.5 Å². The standard InChI is InChI=1S/C28H24Cl2N2O6S/c1-3-37-22-7-5-4-6-21(22)31-26(33)16-38-23-11-8-17(12-24(23)36-2)13-25-27(34)32(28(35)39-25)15-18-9-10-19(29)14-20(18)30/h4-14H,3,15-16H2,1-2H3,(H,31,33)/b25-13+. The van der Waals surface area contributed by atoms with Crippen LogP contribution in [0.4, 0.5) is 10.5 Å². The molecule has 0 radical (unpaired) electrons. The van der Waals surface area contributed by atoms with Gasteiger partial charge in [0.05, 0.1) is 30.9 Å². The van der Waals surface area contributed by atoms with Crippen molar-refractivity contribution >= 4 is 63.8 Å². The van der Waals surface area contributed by atoms with Gasteiger partial charge >= 0.3 is 0 Å². The van der Waals surface area contributed by atoms with Crippen LogP contribution in [0.5, 0.6) is 17.2 Å². The third-order valence-electron chi connectivity index (χ3n) is 5.52. The third kappa shape index (κ3) is 7.06. The van der Waals surface area contributed by atoms with Crippen molar-refractivity contribution in [2.24, 2.45) is 0 Å². The van der Waals surface area contributed by atoms with Gasteiger partial charge in [0.15, 0.2) is 18.1 Å². The Bertz CT molecular complexity index is 1450. The van der Waals surface area contributed by atoms with Crippen LogP contribution in [0.15, 0.2) is 65.6 Å². The fourth-order valence-corrected chi connectivity index (χ4v) is 4.99. The molecule has 39 heavy (non-hydrogen) atoms. The van der Waals surface area contributed by atoms with Crippen LogP contribution in [-0.4, -0.2) is 42.3 Å².